The van der Waals surface area contributed by atoms with Crippen LogP contribution in [0.1, 0.15) is 18.5 Å². The average Bonchev–Trinajstić information content (AvgIpc) is 2.87. The van der Waals surface area contributed by atoms with Crippen molar-refractivity contribution in [2.45, 2.75) is 19.5 Å². The molecule has 3 aromatic rings. The number of methoxy groups -OCH3 is 4. The SMILES string of the molecule is CCn1cc(N2CCN[C@@H](c3cc(OC)cc(OC)c3)C2)c2cc(OC)c(OC)cc2c1=O. The number of piperazine rings is 1. The Bertz CT molecular complexity index is 1180. The Morgan fingerprint density at radius 1 is 0.909 bits per heavy atom. The molecule has 0 saturated carbocycles. The Morgan fingerprint density at radius 3 is 2.12 bits per heavy atom. The highest BCUT2D eigenvalue weighted by Gasteiger charge is 2.25. The zero-order valence-electron chi connectivity index (χ0n) is 19.8. The van der Waals surface area contributed by atoms with Crippen LogP contribution in [0.25, 0.3) is 10.8 Å². The molecular formula is C25H31N3O5. The number of fused-ring (bicyclic) bond motifs is 1. The molecule has 4 rings (SSSR count). The third kappa shape index (κ3) is 4.30. The van der Waals surface area contributed by atoms with Gasteiger partial charge in [0.15, 0.2) is 11.5 Å². The van der Waals surface area contributed by atoms with Gasteiger partial charge in [-0.2, -0.15) is 0 Å². The van der Waals surface area contributed by atoms with Crippen LogP contribution in [-0.2, 0) is 6.54 Å². The molecule has 1 atom stereocenters. The molecule has 1 aromatic heterocycles. The maximum absolute atomic E-state index is 13.1. The number of nitrogens with zero attached hydrogens (tertiary/aromatic N) is 2. The minimum atomic E-state index is -0.0404. The molecule has 0 spiro atoms. The second-order valence-electron chi connectivity index (χ2n) is 7.96. The van der Waals surface area contributed by atoms with Gasteiger partial charge in [0.2, 0.25) is 0 Å². The Hall–Kier alpha value is -3.39. The first-order chi connectivity index (χ1) is 16.0. The van der Waals surface area contributed by atoms with Crippen LogP contribution in [0.15, 0.2) is 41.3 Å². The molecular weight excluding hydrogens is 422 g/mol. The van der Waals surface area contributed by atoms with Crippen LogP contribution in [0.4, 0.5) is 5.69 Å². The minimum absolute atomic E-state index is 0.0404. The molecule has 0 radical (unpaired) electrons. The van der Waals surface area contributed by atoms with Crippen LogP contribution in [0.3, 0.4) is 0 Å². The van der Waals surface area contributed by atoms with Crippen LogP contribution in [0.2, 0.25) is 0 Å². The van der Waals surface area contributed by atoms with Crippen LogP contribution < -0.4 is 34.7 Å². The molecule has 176 valence electrons. The fraction of sp³-hybridized carbons (Fsp3) is 0.400. The lowest BCUT2D eigenvalue weighted by molar-refractivity contribution is 0.356. The fourth-order valence-electron chi connectivity index (χ4n) is 4.41. The molecule has 0 amide bonds. The smallest absolute Gasteiger partial charge is 0.258 e. The molecule has 1 fully saturated rings. The van der Waals surface area contributed by atoms with Crippen molar-refractivity contribution in [1.82, 2.24) is 9.88 Å². The quantitative estimate of drug-likeness (QED) is 0.589. The molecule has 8 nitrogen and oxygen atoms in total. The van der Waals surface area contributed by atoms with Gasteiger partial charge in [0.1, 0.15) is 11.5 Å². The van der Waals surface area contributed by atoms with Crippen molar-refractivity contribution in [3.8, 4) is 23.0 Å². The van der Waals surface area contributed by atoms with Crippen molar-refractivity contribution in [3.05, 3.63) is 52.4 Å². The lowest BCUT2D eigenvalue weighted by atomic mass is 10.0. The van der Waals surface area contributed by atoms with E-state index in [2.05, 4.69) is 10.2 Å². The number of nitrogens with one attached hydrogen (secondary N) is 1. The summed E-state index contributed by atoms with van der Waals surface area (Å²) in [5.41, 5.74) is 2.04. The van der Waals surface area contributed by atoms with Crippen molar-refractivity contribution in [2.24, 2.45) is 0 Å². The number of pyridine rings is 1. The number of aryl methyl sites for hydroxylation is 1. The summed E-state index contributed by atoms with van der Waals surface area (Å²) >= 11 is 0. The lowest BCUT2D eigenvalue weighted by Gasteiger charge is -2.36. The third-order valence-electron chi connectivity index (χ3n) is 6.20. The van der Waals surface area contributed by atoms with Crippen LogP contribution in [-0.4, -0.2) is 52.6 Å². The fourth-order valence-corrected chi connectivity index (χ4v) is 4.41. The summed E-state index contributed by atoms with van der Waals surface area (Å²) in [6.45, 7) is 4.88. The van der Waals surface area contributed by atoms with Crippen molar-refractivity contribution < 1.29 is 18.9 Å². The molecule has 0 aliphatic carbocycles. The molecule has 1 N–H and O–H groups in total. The molecule has 33 heavy (non-hydrogen) atoms. The van der Waals surface area contributed by atoms with Crippen molar-refractivity contribution in [1.29, 1.82) is 0 Å². The van der Waals surface area contributed by atoms with Gasteiger partial charge < -0.3 is 33.7 Å². The maximum Gasteiger partial charge on any atom is 0.258 e. The van der Waals surface area contributed by atoms with Gasteiger partial charge in [-0.15, -0.1) is 0 Å². The highest BCUT2D eigenvalue weighted by molar-refractivity contribution is 5.95. The Balaban J connectivity index is 1.80. The number of hydrogen-bond acceptors (Lipinski definition) is 7. The summed E-state index contributed by atoms with van der Waals surface area (Å²) in [5.74, 6) is 2.66. The monoisotopic (exact) mass is 453 g/mol. The molecule has 0 unspecified atom stereocenters. The van der Waals surface area contributed by atoms with E-state index in [-0.39, 0.29) is 11.6 Å². The molecule has 2 heterocycles. The summed E-state index contributed by atoms with van der Waals surface area (Å²) in [4.78, 5) is 15.4. The normalized spacial score (nSPS) is 16.0. The van der Waals surface area contributed by atoms with E-state index in [4.69, 9.17) is 18.9 Å². The predicted molar refractivity (Wildman–Crippen MR) is 129 cm³/mol. The van der Waals surface area contributed by atoms with E-state index in [1.807, 2.05) is 37.4 Å². The largest absolute Gasteiger partial charge is 0.497 e. The van der Waals surface area contributed by atoms with Gasteiger partial charge in [0, 0.05) is 43.8 Å². The van der Waals surface area contributed by atoms with Gasteiger partial charge >= 0.3 is 0 Å². The zero-order valence-corrected chi connectivity index (χ0v) is 19.8. The summed E-state index contributed by atoms with van der Waals surface area (Å²) in [5, 5.41) is 5.07. The maximum atomic E-state index is 13.1. The second kappa shape index (κ2) is 9.62. The number of ether oxygens (including phenoxy) is 4. The summed E-state index contributed by atoms with van der Waals surface area (Å²) < 4.78 is 23.7. The first-order valence-corrected chi connectivity index (χ1v) is 11.0. The number of benzene rings is 2. The van der Waals surface area contributed by atoms with E-state index >= 15 is 0 Å². The molecule has 1 saturated heterocycles. The lowest BCUT2D eigenvalue weighted by Crippen LogP contribution is -2.46. The number of rotatable bonds is 7. The Morgan fingerprint density at radius 2 is 1.55 bits per heavy atom. The highest BCUT2D eigenvalue weighted by atomic mass is 16.5. The standard InChI is InChI=1S/C25H31N3O5/c1-6-27-15-22(19-12-23(32-4)24(33-5)13-20(19)25(27)29)28-8-7-26-21(14-28)16-9-17(30-2)11-18(10-16)31-3/h9-13,15,21,26H,6-8,14H2,1-5H3/t21-/m1/s1. The predicted octanol–water partition coefficient (Wildman–Crippen LogP) is 3.21. The number of anilines is 1. The van der Waals surface area contributed by atoms with Gasteiger partial charge in [-0.25, -0.2) is 0 Å². The van der Waals surface area contributed by atoms with E-state index < -0.39 is 0 Å². The molecule has 0 bridgehead atoms. The first-order valence-electron chi connectivity index (χ1n) is 11.0. The minimum Gasteiger partial charge on any atom is -0.497 e. The molecule has 1 aliphatic rings. The summed E-state index contributed by atoms with van der Waals surface area (Å²) in [7, 11) is 6.49. The summed E-state index contributed by atoms with van der Waals surface area (Å²) in [6, 6.07) is 9.68. The van der Waals surface area contributed by atoms with Gasteiger partial charge in [-0.05, 0) is 36.8 Å². The van der Waals surface area contributed by atoms with Crippen LogP contribution >= 0.6 is 0 Å². The Labute approximate surface area is 193 Å². The van der Waals surface area contributed by atoms with E-state index in [9.17, 15) is 4.79 Å². The van der Waals surface area contributed by atoms with Gasteiger partial charge in [-0.3, -0.25) is 4.79 Å². The number of hydrogen-bond donors (Lipinski definition) is 1. The van der Waals surface area contributed by atoms with E-state index in [1.165, 1.54) is 0 Å². The first kappa shape index (κ1) is 22.8. The molecule has 2 aromatic carbocycles. The van der Waals surface area contributed by atoms with E-state index in [0.29, 0.717) is 23.4 Å². The van der Waals surface area contributed by atoms with Crippen molar-refractivity contribution in [2.75, 3.05) is 53.0 Å². The molecule has 1 aliphatic heterocycles. The highest BCUT2D eigenvalue weighted by Crippen LogP contribution is 2.36. The van der Waals surface area contributed by atoms with Gasteiger partial charge in [0.25, 0.3) is 5.56 Å². The van der Waals surface area contributed by atoms with Crippen molar-refractivity contribution in [3.63, 3.8) is 0 Å². The summed E-state index contributed by atoms with van der Waals surface area (Å²) in [6.07, 6.45) is 1.95. The zero-order chi connectivity index (χ0) is 23.5. The molecule has 8 heteroatoms. The van der Waals surface area contributed by atoms with E-state index in [0.717, 1.165) is 47.8 Å². The van der Waals surface area contributed by atoms with Crippen LogP contribution in [0.5, 0.6) is 23.0 Å². The number of aromatic nitrogens is 1. The van der Waals surface area contributed by atoms with E-state index in [1.54, 1.807) is 39.1 Å². The van der Waals surface area contributed by atoms with Crippen LogP contribution in [0, 0.1) is 0 Å². The van der Waals surface area contributed by atoms with Gasteiger partial charge in [-0.1, -0.05) is 0 Å². The average molecular weight is 454 g/mol. The topological polar surface area (TPSA) is 74.2 Å². The third-order valence-corrected chi connectivity index (χ3v) is 6.20. The van der Waals surface area contributed by atoms with Crippen molar-refractivity contribution >= 4 is 16.5 Å². The Kier molecular flexibility index (Phi) is 6.65. The van der Waals surface area contributed by atoms with Gasteiger partial charge in [0.05, 0.1) is 45.6 Å². The second-order valence-corrected chi connectivity index (χ2v) is 7.96.